The topological polar surface area (TPSA) is 27.0 Å². The Morgan fingerprint density at radius 3 is 2.00 bits per heavy atom. The van der Waals surface area contributed by atoms with E-state index in [9.17, 15) is 0 Å². The van der Waals surface area contributed by atoms with Crippen LogP contribution in [0.2, 0.25) is 0 Å². The molecule has 0 saturated heterocycles. The number of nitrogens with zero attached hydrogens (tertiary/aromatic N) is 2. The van der Waals surface area contributed by atoms with E-state index < -0.39 is 0 Å². The van der Waals surface area contributed by atoms with Crippen LogP contribution in [0.5, 0.6) is 0 Å². The lowest BCUT2D eigenvalue weighted by Crippen LogP contribution is -2.10. The zero-order valence-corrected chi connectivity index (χ0v) is 4.10. The molecule has 0 aliphatic rings. The molecule has 0 N–H and O–H groups in total. The van der Waals surface area contributed by atoms with E-state index in [1.807, 2.05) is 25.1 Å². The molecule has 0 amide bonds. The van der Waals surface area contributed by atoms with Crippen molar-refractivity contribution in [3.05, 3.63) is 0 Å². The van der Waals surface area contributed by atoms with E-state index in [1.165, 1.54) is 0 Å². The van der Waals surface area contributed by atoms with E-state index in [0.717, 1.165) is 0 Å². The number of hydrogen-bond donors (Lipinski definition) is 0. The molecule has 42 valence electrons. The van der Waals surface area contributed by atoms with Gasteiger partial charge in [-0.15, -0.1) is 0 Å². The van der Waals surface area contributed by atoms with Gasteiger partial charge in [-0.2, -0.15) is 5.26 Å². The molecule has 0 unspecified atom stereocenters. The molecule has 0 aromatic heterocycles. The van der Waals surface area contributed by atoms with Crippen molar-refractivity contribution in [3.8, 4) is 6.07 Å². The van der Waals surface area contributed by atoms with Crippen molar-refractivity contribution in [1.29, 1.82) is 5.26 Å². The number of hydrogen-bond acceptors (Lipinski definition) is 2. The second-order valence-corrected chi connectivity index (χ2v) is 1.40. The Morgan fingerprint density at radius 1 is 1.57 bits per heavy atom. The summed E-state index contributed by atoms with van der Waals surface area (Å²) >= 11 is 0. The highest BCUT2D eigenvalue weighted by Crippen LogP contribution is 1.64. The van der Waals surface area contributed by atoms with Gasteiger partial charge in [-0.1, -0.05) is 7.43 Å². The molecule has 0 spiro atoms. The Balaban J connectivity index is 0. The minimum absolute atomic E-state index is 0. The van der Waals surface area contributed by atoms with Crippen molar-refractivity contribution in [2.75, 3.05) is 20.6 Å². The minimum Gasteiger partial charge on any atom is -0.297 e. The van der Waals surface area contributed by atoms with Gasteiger partial charge in [0.15, 0.2) is 0 Å². The summed E-state index contributed by atoms with van der Waals surface area (Å²) in [5.74, 6) is 0. The summed E-state index contributed by atoms with van der Waals surface area (Å²) in [6.07, 6.45) is 0. The molecule has 7 heavy (non-hydrogen) atoms. The van der Waals surface area contributed by atoms with Crippen LogP contribution in [0.15, 0.2) is 0 Å². The molecule has 0 heterocycles. The van der Waals surface area contributed by atoms with E-state index in [0.29, 0.717) is 6.54 Å². The van der Waals surface area contributed by atoms with Crippen LogP contribution >= 0.6 is 0 Å². The fraction of sp³-hybridized carbons (Fsp3) is 0.800. The lowest BCUT2D eigenvalue weighted by Gasteiger charge is -1.97. The maximum atomic E-state index is 7.94. The number of nitriles is 1. The fourth-order valence-corrected chi connectivity index (χ4v) is 0.141. The molecule has 0 aromatic rings. The van der Waals surface area contributed by atoms with Crippen LogP contribution < -0.4 is 0 Å². The van der Waals surface area contributed by atoms with E-state index in [1.54, 1.807) is 0 Å². The molecule has 0 saturated carbocycles. The third kappa shape index (κ3) is 10.8. The van der Waals surface area contributed by atoms with Crippen LogP contribution in [0.25, 0.3) is 0 Å². The summed E-state index contributed by atoms with van der Waals surface area (Å²) < 4.78 is 0. The minimum atomic E-state index is 0. The molecule has 0 radical (unpaired) electrons. The third-order valence-electron chi connectivity index (χ3n) is 0.387. The first-order chi connectivity index (χ1) is 2.77. The van der Waals surface area contributed by atoms with Crippen molar-refractivity contribution in [2.24, 2.45) is 0 Å². The van der Waals surface area contributed by atoms with Gasteiger partial charge in [0.1, 0.15) is 0 Å². The van der Waals surface area contributed by atoms with Gasteiger partial charge in [0.25, 0.3) is 0 Å². The van der Waals surface area contributed by atoms with Crippen molar-refractivity contribution < 1.29 is 0 Å². The Kier molecular flexibility index (Phi) is 7.53. The molecular formula is C5H12N2. The van der Waals surface area contributed by atoms with Gasteiger partial charge in [-0.05, 0) is 14.1 Å². The van der Waals surface area contributed by atoms with Crippen LogP contribution in [-0.4, -0.2) is 25.5 Å². The van der Waals surface area contributed by atoms with Gasteiger partial charge in [-0.3, -0.25) is 4.90 Å². The largest absolute Gasteiger partial charge is 0.297 e. The monoisotopic (exact) mass is 100 g/mol. The van der Waals surface area contributed by atoms with Crippen molar-refractivity contribution in [3.63, 3.8) is 0 Å². The smallest absolute Gasteiger partial charge is 0.0861 e. The summed E-state index contributed by atoms with van der Waals surface area (Å²) in [7, 11) is 3.73. The lowest BCUT2D eigenvalue weighted by atomic mass is 10.7. The van der Waals surface area contributed by atoms with E-state index >= 15 is 0 Å². The highest BCUT2D eigenvalue weighted by Gasteiger charge is 1.78. The molecule has 2 nitrogen and oxygen atoms in total. The predicted octanol–water partition coefficient (Wildman–Crippen LogP) is 0.708. The number of rotatable bonds is 1. The summed E-state index contributed by atoms with van der Waals surface area (Å²) in [5.41, 5.74) is 0. The van der Waals surface area contributed by atoms with Crippen molar-refractivity contribution in [2.45, 2.75) is 7.43 Å². The van der Waals surface area contributed by atoms with Gasteiger partial charge in [0.05, 0.1) is 12.6 Å². The van der Waals surface area contributed by atoms with Crippen LogP contribution in [0.4, 0.5) is 0 Å². The normalized spacial score (nSPS) is 7.14. The Bertz CT molecular complexity index is 61.0. The summed E-state index contributed by atoms with van der Waals surface area (Å²) in [6.45, 7) is 0.514. The SMILES string of the molecule is C.CN(C)CC#N. The quantitative estimate of drug-likeness (QED) is 0.454. The first-order valence-electron chi connectivity index (χ1n) is 1.79. The Labute approximate surface area is 45.4 Å². The molecule has 0 rings (SSSR count). The molecule has 0 aromatic carbocycles. The average molecular weight is 100 g/mol. The highest BCUT2D eigenvalue weighted by molar-refractivity contribution is 4.71. The molecule has 2 heteroatoms. The maximum absolute atomic E-state index is 7.94. The predicted molar refractivity (Wildman–Crippen MR) is 30.9 cm³/mol. The first-order valence-corrected chi connectivity index (χ1v) is 1.79. The van der Waals surface area contributed by atoms with Gasteiger partial charge >= 0.3 is 0 Å². The molecule has 0 aliphatic heterocycles. The Hall–Kier alpha value is -0.550. The molecule has 0 aliphatic carbocycles. The van der Waals surface area contributed by atoms with Gasteiger partial charge in [0, 0.05) is 0 Å². The second kappa shape index (κ2) is 5.45. The summed E-state index contributed by atoms with van der Waals surface area (Å²) in [6, 6.07) is 1.99. The standard InChI is InChI=1S/C4H8N2.CH4/c1-6(2)4-3-5;/h4H2,1-2H3;1H4. The lowest BCUT2D eigenvalue weighted by molar-refractivity contribution is 0.461. The van der Waals surface area contributed by atoms with E-state index in [2.05, 4.69) is 0 Å². The van der Waals surface area contributed by atoms with Crippen molar-refractivity contribution in [1.82, 2.24) is 4.90 Å². The Morgan fingerprint density at radius 2 is 2.00 bits per heavy atom. The summed E-state index contributed by atoms with van der Waals surface area (Å²) in [5, 5.41) is 7.94. The van der Waals surface area contributed by atoms with Gasteiger partial charge < -0.3 is 0 Å². The maximum Gasteiger partial charge on any atom is 0.0861 e. The zero-order valence-electron chi connectivity index (χ0n) is 4.10. The van der Waals surface area contributed by atoms with Gasteiger partial charge in [-0.25, -0.2) is 0 Å². The van der Waals surface area contributed by atoms with Crippen LogP contribution in [0, 0.1) is 11.3 Å². The average Bonchev–Trinajstić information content (AvgIpc) is 1.35. The van der Waals surface area contributed by atoms with E-state index in [4.69, 9.17) is 5.26 Å². The second-order valence-electron chi connectivity index (χ2n) is 1.40. The van der Waals surface area contributed by atoms with Crippen LogP contribution in [-0.2, 0) is 0 Å². The fourth-order valence-electron chi connectivity index (χ4n) is 0.141. The van der Waals surface area contributed by atoms with Crippen LogP contribution in [0.1, 0.15) is 7.43 Å². The molecule has 0 fully saturated rings. The highest BCUT2D eigenvalue weighted by atomic mass is 15.0. The van der Waals surface area contributed by atoms with Crippen LogP contribution in [0.3, 0.4) is 0 Å². The van der Waals surface area contributed by atoms with Crippen molar-refractivity contribution >= 4 is 0 Å². The van der Waals surface area contributed by atoms with E-state index in [-0.39, 0.29) is 7.43 Å². The first kappa shape index (κ1) is 9.67. The molecule has 0 bridgehead atoms. The summed E-state index contributed by atoms with van der Waals surface area (Å²) in [4.78, 5) is 1.82. The molecule has 0 atom stereocenters. The zero-order chi connectivity index (χ0) is 4.99. The van der Waals surface area contributed by atoms with Gasteiger partial charge in [0.2, 0.25) is 0 Å². The third-order valence-corrected chi connectivity index (χ3v) is 0.387. The molecular weight excluding hydrogens is 88.1 g/mol.